The number of hydrogen-bond donors (Lipinski definition) is 2. The molecular weight excluding hydrogens is 354 g/mol. The van der Waals surface area contributed by atoms with Crippen molar-refractivity contribution in [3.8, 4) is 11.5 Å². The fraction of sp³-hybridized carbons (Fsp3) is 0.143. The van der Waals surface area contributed by atoms with Crippen LogP contribution in [0.5, 0.6) is 11.5 Å². The Morgan fingerprint density at radius 3 is 2.07 bits per heavy atom. The lowest BCUT2D eigenvalue weighted by Gasteiger charge is -2.07. The molecule has 0 bridgehead atoms. The third kappa shape index (κ3) is 4.50. The lowest BCUT2D eigenvalue weighted by Crippen LogP contribution is -1.86. The summed E-state index contributed by atoms with van der Waals surface area (Å²) in [6.07, 6.45) is 0. The first-order chi connectivity index (χ1) is 13.5. The normalized spacial score (nSPS) is 11.4. The number of nitrogen functional groups attached to an aromatic ring is 1. The molecule has 0 aliphatic heterocycles. The summed E-state index contributed by atoms with van der Waals surface area (Å²) in [7, 11) is 1.56. The van der Waals surface area contributed by atoms with Crippen LogP contribution >= 0.6 is 0 Å². The van der Waals surface area contributed by atoms with E-state index >= 15 is 0 Å². The number of phenolic OH excluding ortho intramolecular Hbond substituents is 1. The zero-order valence-electron chi connectivity index (χ0n) is 15.9. The minimum atomic E-state index is 0.179. The number of azo groups is 2. The summed E-state index contributed by atoms with van der Waals surface area (Å²) in [5.74, 6) is 0.717. The second kappa shape index (κ2) is 8.30. The zero-order chi connectivity index (χ0) is 20.1. The summed E-state index contributed by atoms with van der Waals surface area (Å²) in [5, 5.41) is 26.4. The molecule has 0 radical (unpaired) electrons. The van der Waals surface area contributed by atoms with Gasteiger partial charge in [-0.3, -0.25) is 0 Å². The molecule has 28 heavy (non-hydrogen) atoms. The summed E-state index contributed by atoms with van der Waals surface area (Å²) in [6.45, 7) is 3.86. The van der Waals surface area contributed by atoms with Crippen LogP contribution in [0, 0.1) is 13.8 Å². The van der Waals surface area contributed by atoms with Crippen LogP contribution in [0.1, 0.15) is 11.1 Å². The van der Waals surface area contributed by atoms with Gasteiger partial charge in [-0.05, 0) is 73.5 Å². The molecule has 3 N–H and O–H groups in total. The molecule has 0 aliphatic carbocycles. The number of phenols is 1. The van der Waals surface area contributed by atoms with Crippen molar-refractivity contribution in [2.24, 2.45) is 20.5 Å². The largest absolute Gasteiger partial charge is 0.508 e. The standard InChI is InChI=1S/C21H21N5O2/c1-13-10-15(22)4-9-18(13)24-25-19-12-21(28-3)20(11-14(19)2)26-23-16-5-7-17(27)8-6-16/h4-12,27H,22H2,1-3H3. The molecule has 7 heteroatoms. The topological polar surface area (TPSA) is 105 Å². The maximum Gasteiger partial charge on any atom is 0.148 e. The van der Waals surface area contributed by atoms with E-state index in [9.17, 15) is 5.11 Å². The molecule has 3 rings (SSSR count). The molecule has 0 spiro atoms. The Hall–Kier alpha value is -3.74. The summed E-state index contributed by atoms with van der Waals surface area (Å²) in [4.78, 5) is 0. The van der Waals surface area contributed by atoms with Gasteiger partial charge >= 0.3 is 0 Å². The molecule has 0 heterocycles. The van der Waals surface area contributed by atoms with Gasteiger partial charge in [-0.2, -0.15) is 15.3 Å². The molecule has 0 fully saturated rings. The van der Waals surface area contributed by atoms with Crippen molar-refractivity contribution in [3.05, 3.63) is 65.7 Å². The quantitative estimate of drug-likeness (QED) is 0.396. The van der Waals surface area contributed by atoms with Crippen LogP contribution in [0.4, 0.5) is 28.4 Å². The molecule has 3 aromatic carbocycles. The predicted octanol–water partition coefficient (Wildman–Crippen LogP) is 6.43. The lowest BCUT2D eigenvalue weighted by atomic mass is 10.1. The van der Waals surface area contributed by atoms with E-state index in [2.05, 4.69) is 20.5 Å². The van der Waals surface area contributed by atoms with Crippen molar-refractivity contribution >= 4 is 28.4 Å². The van der Waals surface area contributed by atoms with Gasteiger partial charge in [0.1, 0.15) is 17.2 Å². The Bertz CT molecular complexity index is 1040. The first-order valence-corrected chi connectivity index (χ1v) is 8.63. The smallest absolute Gasteiger partial charge is 0.148 e. The summed E-state index contributed by atoms with van der Waals surface area (Å²) in [5.41, 5.74) is 10.9. The Balaban J connectivity index is 1.88. The van der Waals surface area contributed by atoms with Crippen LogP contribution in [0.2, 0.25) is 0 Å². The molecular formula is C21H21N5O2. The fourth-order valence-electron chi connectivity index (χ4n) is 2.54. The number of aryl methyl sites for hydroxylation is 2. The van der Waals surface area contributed by atoms with Crippen LogP contribution < -0.4 is 10.5 Å². The molecule has 0 saturated heterocycles. The predicted molar refractivity (Wildman–Crippen MR) is 110 cm³/mol. The molecule has 142 valence electrons. The van der Waals surface area contributed by atoms with Gasteiger partial charge in [0.05, 0.1) is 24.2 Å². The molecule has 0 atom stereocenters. The minimum absolute atomic E-state index is 0.179. The number of hydrogen-bond acceptors (Lipinski definition) is 7. The van der Waals surface area contributed by atoms with Gasteiger partial charge in [-0.1, -0.05) is 0 Å². The van der Waals surface area contributed by atoms with E-state index in [1.54, 1.807) is 43.5 Å². The average molecular weight is 375 g/mol. The monoisotopic (exact) mass is 375 g/mol. The second-order valence-electron chi connectivity index (χ2n) is 6.27. The number of rotatable bonds is 5. The molecule has 0 saturated carbocycles. The van der Waals surface area contributed by atoms with Crippen LogP contribution in [0.25, 0.3) is 0 Å². The van der Waals surface area contributed by atoms with Crippen LogP contribution in [0.3, 0.4) is 0 Å². The van der Waals surface area contributed by atoms with Gasteiger partial charge in [-0.25, -0.2) is 0 Å². The highest BCUT2D eigenvalue weighted by Gasteiger charge is 2.08. The third-order valence-electron chi connectivity index (χ3n) is 4.11. The van der Waals surface area contributed by atoms with Crippen molar-refractivity contribution in [2.75, 3.05) is 12.8 Å². The van der Waals surface area contributed by atoms with Gasteiger partial charge in [0.2, 0.25) is 0 Å². The molecule has 0 aliphatic rings. The number of anilines is 1. The summed E-state index contributed by atoms with van der Waals surface area (Å²) < 4.78 is 5.43. The van der Waals surface area contributed by atoms with Crippen molar-refractivity contribution in [1.29, 1.82) is 0 Å². The van der Waals surface area contributed by atoms with Crippen molar-refractivity contribution in [2.45, 2.75) is 13.8 Å². The number of aromatic hydroxyl groups is 1. The van der Waals surface area contributed by atoms with Crippen LogP contribution in [-0.4, -0.2) is 12.2 Å². The molecule has 0 aromatic heterocycles. The van der Waals surface area contributed by atoms with Gasteiger partial charge in [0.15, 0.2) is 0 Å². The highest BCUT2D eigenvalue weighted by Crippen LogP contribution is 2.36. The zero-order valence-corrected chi connectivity index (χ0v) is 15.9. The number of benzene rings is 3. The summed E-state index contributed by atoms with van der Waals surface area (Å²) >= 11 is 0. The van der Waals surface area contributed by atoms with E-state index in [0.717, 1.165) is 16.8 Å². The van der Waals surface area contributed by atoms with Crippen molar-refractivity contribution < 1.29 is 9.84 Å². The minimum Gasteiger partial charge on any atom is -0.508 e. The lowest BCUT2D eigenvalue weighted by molar-refractivity contribution is 0.416. The number of nitrogens with zero attached hydrogens (tertiary/aromatic N) is 4. The van der Waals surface area contributed by atoms with Crippen molar-refractivity contribution in [1.82, 2.24) is 0 Å². The SMILES string of the molecule is COc1cc(N=Nc2ccc(N)cc2C)c(C)cc1N=Nc1ccc(O)cc1. The Kier molecular flexibility index (Phi) is 5.64. The Labute approximate surface area is 163 Å². The van der Waals surface area contributed by atoms with E-state index in [-0.39, 0.29) is 5.75 Å². The van der Waals surface area contributed by atoms with Gasteiger partial charge in [0.25, 0.3) is 0 Å². The third-order valence-corrected chi connectivity index (χ3v) is 4.11. The van der Waals surface area contributed by atoms with Gasteiger partial charge < -0.3 is 15.6 Å². The van der Waals surface area contributed by atoms with E-state index in [1.807, 2.05) is 32.0 Å². The highest BCUT2D eigenvalue weighted by molar-refractivity contribution is 5.63. The van der Waals surface area contributed by atoms with E-state index in [4.69, 9.17) is 10.5 Å². The van der Waals surface area contributed by atoms with E-state index in [0.29, 0.717) is 28.5 Å². The maximum absolute atomic E-state index is 9.34. The van der Waals surface area contributed by atoms with Crippen LogP contribution in [0.15, 0.2) is 75.1 Å². The van der Waals surface area contributed by atoms with E-state index in [1.165, 1.54) is 0 Å². The average Bonchev–Trinajstić information content (AvgIpc) is 2.68. The van der Waals surface area contributed by atoms with Crippen molar-refractivity contribution in [3.63, 3.8) is 0 Å². The van der Waals surface area contributed by atoms with E-state index < -0.39 is 0 Å². The van der Waals surface area contributed by atoms with Crippen LogP contribution in [-0.2, 0) is 0 Å². The highest BCUT2D eigenvalue weighted by atomic mass is 16.5. The molecule has 0 amide bonds. The Morgan fingerprint density at radius 1 is 0.750 bits per heavy atom. The molecule has 0 unspecified atom stereocenters. The molecule has 7 nitrogen and oxygen atoms in total. The Morgan fingerprint density at radius 2 is 1.39 bits per heavy atom. The fourth-order valence-corrected chi connectivity index (χ4v) is 2.54. The van der Waals surface area contributed by atoms with Gasteiger partial charge in [0, 0.05) is 11.8 Å². The number of ether oxygens (including phenoxy) is 1. The maximum atomic E-state index is 9.34. The summed E-state index contributed by atoms with van der Waals surface area (Å²) in [6, 6.07) is 15.6. The first-order valence-electron chi connectivity index (χ1n) is 8.63. The number of nitrogens with two attached hydrogens (primary N) is 1. The number of methoxy groups -OCH3 is 1. The second-order valence-corrected chi connectivity index (χ2v) is 6.27. The molecule has 3 aromatic rings. The first kappa shape index (κ1) is 19.0. The van der Waals surface area contributed by atoms with Gasteiger partial charge in [-0.15, -0.1) is 5.11 Å².